The van der Waals surface area contributed by atoms with Crippen LogP contribution in [-0.4, -0.2) is 32.0 Å². The van der Waals surface area contributed by atoms with Gasteiger partial charge in [-0.1, -0.05) is 0 Å². The Morgan fingerprint density at radius 2 is 2.00 bits per heavy atom. The van der Waals surface area contributed by atoms with E-state index in [1.165, 1.54) is 7.11 Å². The van der Waals surface area contributed by atoms with Gasteiger partial charge in [-0.05, 0) is 23.8 Å². The van der Waals surface area contributed by atoms with Crippen LogP contribution in [0.2, 0.25) is 0 Å². The largest absolute Gasteiger partial charge is 0.416 e. The topological polar surface area (TPSA) is 41.5 Å². The summed E-state index contributed by atoms with van der Waals surface area (Å²) in [5.41, 5.74) is -1.03. The van der Waals surface area contributed by atoms with Crippen molar-refractivity contribution >= 4 is 0 Å². The second kappa shape index (κ2) is 6.83. The van der Waals surface area contributed by atoms with Gasteiger partial charge in [0.15, 0.2) is 0 Å². The molecule has 0 radical (unpaired) electrons. The van der Waals surface area contributed by atoms with Gasteiger partial charge in [0.25, 0.3) is 0 Å². The van der Waals surface area contributed by atoms with Crippen molar-refractivity contribution in [2.24, 2.45) is 0 Å². The van der Waals surface area contributed by atoms with Crippen LogP contribution in [0, 0.1) is 5.82 Å². The summed E-state index contributed by atoms with van der Waals surface area (Å²) in [6.07, 6.45) is -4.62. The van der Waals surface area contributed by atoms with Crippen LogP contribution < -0.4 is 5.32 Å². The molecule has 1 unspecified atom stereocenters. The molecule has 0 aliphatic carbocycles. The lowest BCUT2D eigenvalue weighted by atomic mass is 10.0. The second-order valence-corrected chi connectivity index (χ2v) is 3.95. The molecular formula is C12H15F4NO2. The summed E-state index contributed by atoms with van der Waals surface area (Å²) in [6.45, 7) is 0.224. The highest BCUT2D eigenvalue weighted by Gasteiger charge is 2.32. The number of halogens is 4. The standard InChI is InChI=1S/C12H15F4NO2/c1-19-3-2-17-11(7-18)8-4-9(12(14,15)16)6-10(13)5-8/h4-6,11,17-18H,2-3,7H2,1H3. The molecule has 3 nitrogen and oxygen atoms in total. The molecule has 0 saturated carbocycles. The third-order valence-electron chi connectivity index (χ3n) is 2.53. The molecule has 0 amide bonds. The molecule has 7 heteroatoms. The molecule has 0 fully saturated rings. The zero-order valence-electron chi connectivity index (χ0n) is 10.3. The first-order chi connectivity index (χ1) is 8.88. The lowest BCUT2D eigenvalue weighted by Crippen LogP contribution is -2.28. The van der Waals surface area contributed by atoms with E-state index in [0.717, 1.165) is 12.1 Å². The minimum atomic E-state index is -4.62. The Morgan fingerprint density at radius 3 is 2.53 bits per heavy atom. The zero-order valence-corrected chi connectivity index (χ0v) is 10.3. The first-order valence-corrected chi connectivity index (χ1v) is 5.59. The van der Waals surface area contributed by atoms with Crippen LogP contribution in [0.25, 0.3) is 0 Å². The molecule has 1 atom stereocenters. The van der Waals surface area contributed by atoms with Crippen molar-refractivity contribution in [1.29, 1.82) is 0 Å². The molecule has 2 N–H and O–H groups in total. The van der Waals surface area contributed by atoms with Crippen LogP contribution in [0.1, 0.15) is 17.2 Å². The molecule has 0 aromatic heterocycles. The highest BCUT2D eigenvalue weighted by atomic mass is 19.4. The molecule has 108 valence electrons. The zero-order chi connectivity index (χ0) is 14.5. The molecule has 0 spiro atoms. The molecule has 19 heavy (non-hydrogen) atoms. The fourth-order valence-corrected chi connectivity index (χ4v) is 1.60. The van der Waals surface area contributed by atoms with Gasteiger partial charge in [0.1, 0.15) is 5.82 Å². The van der Waals surface area contributed by atoms with Crippen LogP contribution in [0.15, 0.2) is 18.2 Å². The summed E-state index contributed by atoms with van der Waals surface area (Å²) in [5, 5.41) is 11.9. The smallest absolute Gasteiger partial charge is 0.394 e. The average Bonchev–Trinajstić information content (AvgIpc) is 2.33. The minimum Gasteiger partial charge on any atom is -0.394 e. The van der Waals surface area contributed by atoms with E-state index in [-0.39, 0.29) is 5.56 Å². The van der Waals surface area contributed by atoms with Gasteiger partial charge in [-0.3, -0.25) is 0 Å². The predicted octanol–water partition coefficient (Wildman–Crippen LogP) is 2.11. The van der Waals surface area contributed by atoms with E-state index in [0.29, 0.717) is 19.2 Å². The van der Waals surface area contributed by atoms with Crippen LogP contribution in [0.3, 0.4) is 0 Å². The molecule has 0 bridgehead atoms. The van der Waals surface area contributed by atoms with Crippen molar-refractivity contribution in [3.63, 3.8) is 0 Å². The number of methoxy groups -OCH3 is 1. The Morgan fingerprint density at radius 1 is 1.32 bits per heavy atom. The Bertz CT molecular complexity index is 409. The maximum atomic E-state index is 13.2. The SMILES string of the molecule is COCCNC(CO)c1cc(F)cc(C(F)(F)F)c1. The summed E-state index contributed by atoms with van der Waals surface area (Å²) in [7, 11) is 1.47. The van der Waals surface area contributed by atoms with E-state index in [2.05, 4.69) is 5.32 Å². The number of nitrogens with one attached hydrogen (secondary N) is 1. The minimum absolute atomic E-state index is 0.0472. The van der Waals surface area contributed by atoms with Gasteiger partial charge in [-0.2, -0.15) is 13.2 Å². The molecule has 1 aromatic carbocycles. The molecule has 0 heterocycles. The van der Waals surface area contributed by atoms with Gasteiger partial charge in [0.2, 0.25) is 0 Å². The van der Waals surface area contributed by atoms with E-state index in [4.69, 9.17) is 9.84 Å². The second-order valence-electron chi connectivity index (χ2n) is 3.95. The fourth-order valence-electron chi connectivity index (χ4n) is 1.60. The number of ether oxygens (including phenoxy) is 1. The van der Waals surface area contributed by atoms with Crippen molar-refractivity contribution in [2.75, 3.05) is 26.9 Å². The maximum Gasteiger partial charge on any atom is 0.416 e. The van der Waals surface area contributed by atoms with E-state index in [9.17, 15) is 17.6 Å². The lowest BCUT2D eigenvalue weighted by Gasteiger charge is -2.18. The Labute approximate surface area is 108 Å². The van der Waals surface area contributed by atoms with Crippen LogP contribution in [0.5, 0.6) is 0 Å². The highest BCUT2D eigenvalue weighted by Crippen LogP contribution is 2.31. The first-order valence-electron chi connectivity index (χ1n) is 5.59. The monoisotopic (exact) mass is 281 g/mol. The summed E-state index contributed by atoms with van der Waals surface area (Å²) < 4.78 is 55.6. The molecule has 0 aliphatic rings. The lowest BCUT2D eigenvalue weighted by molar-refractivity contribution is -0.137. The van der Waals surface area contributed by atoms with Gasteiger partial charge >= 0.3 is 6.18 Å². The molecule has 1 rings (SSSR count). The van der Waals surface area contributed by atoms with Gasteiger partial charge in [-0.25, -0.2) is 4.39 Å². The van der Waals surface area contributed by atoms with Gasteiger partial charge in [0, 0.05) is 13.7 Å². The summed E-state index contributed by atoms with van der Waals surface area (Å²) in [6, 6.07) is 1.44. The van der Waals surface area contributed by atoms with Crippen molar-refractivity contribution in [3.8, 4) is 0 Å². The summed E-state index contributed by atoms with van der Waals surface area (Å²) in [5.74, 6) is -0.989. The predicted molar refractivity (Wildman–Crippen MR) is 61.1 cm³/mol. The number of benzene rings is 1. The van der Waals surface area contributed by atoms with E-state index in [1.54, 1.807) is 0 Å². The van der Waals surface area contributed by atoms with E-state index in [1.807, 2.05) is 0 Å². The quantitative estimate of drug-likeness (QED) is 0.620. The number of alkyl halides is 3. The number of hydrogen-bond donors (Lipinski definition) is 2. The Hall–Kier alpha value is -1.18. The first kappa shape index (κ1) is 15.9. The van der Waals surface area contributed by atoms with Crippen molar-refractivity contribution in [1.82, 2.24) is 5.32 Å². The summed E-state index contributed by atoms with van der Waals surface area (Å²) in [4.78, 5) is 0. The number of aliphatic hydroxyl groups excluding tert-OH is 1. The number of rotatable bonds is 6. The maximum absolute atomic E-state index is 13.2. The van der Waals surface area contributed by atoms with Gasteiger partial charge in [0.05, 0.1) is 24.8 Å². The molecule has 1 aromatic rings. The normalized spacial score (nSPS) is 13.6. The fraction of sp³-hybridized carbons (Fsp3) is 0.500. The van der Waals surface area contributed by atoms with E-state index >= 15 is 0 Å². The highest BCUT2D eigenvalue weighted by molar-refractivity contribution is 5.29. The van der Waals surface area contributed by atoms with E-state index < -0.39 is 30.2 Å². The Balaban J connectivity index is 2.94. The number of hydrogen-bond acceptors (Lipinski definition) is 3. The van der Waals surface area contributed by atoms with Gasteiger partial charge in [-0.15, -0.1) is 0 Å². The number of aliphatic hydroxyl groups is 1. The van der Waals surface area contributed by atoms with Crippen molar-refractivity contribution in [2.45, 2.75) is 12.2 Å². The third-order valence-corrected chi connectivity index (χ3v) is 2.53. The van der Waals surface area contributed by atoms with Crippen LogP contribution >= 0.6 is 0 Å². The molecular weight excluding hydrogens is 266 g/mol. The molecule has 0 saturated heterocycles. The third kappa shape index (κ3) is 4.77. The van der Waals surface area contributed by atoms with Gasteiger partial charge < -0.3 is 15.2 Å². The van der Waals surface area contributed by atoms with Crippen molar-refractivity contribution < 1.29 is 27.4 Å². The summed E-state index contributed by atoms with van der Waals surface area (Å²) >= 11 is 0. The van der Waals surface area contributed by atoms with Crippen LogP contribution in [0.4, 0.5) is 17.6 Å². The Kier molecular flexibility index (Phi) is 5.71. The van der Waals surface area contributed by atoms with Crippen molar-refractivity contribution in [3.05, 3.63) is 35.1 Å². The average molecular weight is 281 g/mol. The van der Waals surface area contributed by atoms with Crippen LogP contribution in [-0.2, 0) is 10.9 Å². The molecule has 0 aliphatic heterocycles.